The third-order valence-electron chi connectivity index (χ3n) is 4.17. The van der Waals surface area contributed by atoms with E-state index in [9.17, 15) is 8.42 Å². The van der Waals surface area contributed by atoms with Crippen LogP contribution in [0.15, 0.2) is 23.1 Å². The van der Waals surface area contributed by atoms with Crippen molar-refractivity contribution in [2.45, 2.75) is 30.3 Å². The summed E-state index contributed by atoms with van der Waals surface area (Å²) in [6.07, 6.45) is 1.53. The van der Waals surface area contributed by atoms with Crippen molar-refractivity contribution < 1.29 is 13.2 Å². The number of likely N-dealkylation sites (N-methyl/N-ethyl adjacent to an activating group) is 1. The van der Waals surface area contributed by atoms with E-state index >= 15 is 0 Å². The Kier molecular flexibility index (Phi) is 3.81. The molecule has 0 aliphatic carbocycles. The first-order valence-electron chi connectivity index (χ1n) is 6.98. The molecule has 2 heterocycles. The lowest BCUT2D eigenvalue weighted by Crippen LogP contribution is -2.38. The van der Waals surface area contributed by atoms with E-state index in [4.69, 9.17) is 4.74 Å². The van der Waals surface area contributed by atoms with Crippen LogP contribution in [0.2, 0.25) is 0 Å². The van der Waals surface area contributed by atoms with Crippen LogP contribution in [0.1, 0.15) is 17.5 Å². The number of rotatable bonds is 3. The van der Waals surface area contributed by atoms with Crippen molar-refractivity contribution in [3.8, 4) is 0 Å². The average Bonchev–Trinajstić information content (AvgIpc) is 2.99. The fraction of sp³-hybridized carbons (Fsp3) is 0.571. The summed E-state index contributed by atoms with van der Waals surface area (Å²) < 4.78 is 32.5. The van der Waals surface area contributed by atoms with E-state index in [1.54, 1.807) is 13.1 Å². The molecule has 0 bridgehead atoms. The highest BCUT2D eigenvalue weighted by Gasteiger charge is 2.32. The van der Waals surface area contributed by atoms with E-state index in [1.807, 2.05) is 12.1 Å². The van der Waals surface area contributed by atoms with E-state index in [0.717, 1.165) is 37.1 Å². The number of nitrogens with one attached hydrogen (secondary N) is 1. The predicted octanol–water partition coefficient (Wildman–Crippen LogP) is 0.742. The van der Waals surface area contributed by atoms with Gasteiger partial charge in [-0.05, 0) is 36.6 Å². The van der Waals surface area contributed by atoms with Crippen molar-refractivity contribution in [1.82, 2.24) is 9.62 Å². The van der Waals surface area contributed by atoms with Crippen LogP contribution in [0.4, 0.5) is 0 Å². The van der Waals surface area contributed by atoms with Crippen molar-refractivity contribution >= 4 is 10.0 Å². The Labute approximate surface area is 120 Å². The van der Waals surface area contributed by atoms with Gasteiger partial charge in [0.25, 0.3) is 0 Å². The van der Waals surface area contributed by atoms with Gasteiger partial charge in [0.05, 0.1) is 17.5 Å². The Morgan fingerprint density at radius 1 is 1.40 bits per heavy atom. The topological polar surface area (TPSA) is 58.6 Å². The lowest BCUT2D eigenvalue weighted by atomic mass is 10.0. The SMILES string of the molecule is CN(C1CCOC1)S(=O)(=O)c1cccc2c1CCNC2. The summed E-state index contributed by atoms with van der Waals surface area (Å²) in [5.74, 6) is 0. The van der Waals surface area contributed by atoms with Crippen LogP contribution < -0.4 is 5.32 Å². The summed E-state index contributed by atoms with van der Waals surface area (Å²) in [6, 6.07) is 5.51. The molecule has 0 radical (unpaired) electrons. The van der Waals surface area contributed by atoms with Crippen molar-refractivity contribution in [3.05, 3.63) is 29.3 Å². The monoisotopic (exact) mass is 296 g/mol. The molecule has 1 saturated heterocycles. The molecule has 1 fully saturated rings. The zero-order valence-electron chi connectivity index (χ0n) is 11.6. The number of benzene rings is 1. The lowest BCUT2D eigenvalue weighted by Gasteiger charge is -2.26. The van der Waals surface area contributed by atoms with Gasteiger partial charge < -0.3 is 10.1 Å². The second kappa shape index (κ2) is 5.44. The summed E-state index contributed by atoms with van der Waals surface area (Å²) in [7, 11) is -1.78. The fourth-order valence-corrected chi connectivity index (χ4v) is 4.56. The normalized spacial score (nSPS) is 23.0. The second-order valence-corrected chi connectivity index (χ2v) is 7.33. The van der Waals surface area contributed by atoms with E-state index in [1.165, 1.54) is 4.31 Å². The van der Waals surface area contributed by atoms with Crippen LogP contribution in [-0.2, 0) is 27.7 Å². The van der Waals surface area contributed by atoms with E-state index < -0.39 is 10.0 Å². The van der Waals surface area contributed by atoms with Gasteiger partial charge in [-0.3, -0.25) is 0 Å². The van der Waals surface area contributed by atoms with Crippen LogP contribution in [-0.4, -0.2) is 45.6 Å². The Hall–Kier alpha value is -0.950. The largest absolute Gasteiger partial charge is 0.380 e. The third kappa shape index (κ3) is 2.37. The zero-order valence-corrected chi connectivity index (χ0v) is 12.4. The smallest absolute Gasteiger partial charge is 0.243 e. The molecule has 1 N–H and O–H groups in total. The first kappa shape index (κ1) is 14.0. The highest BCUT2D eigenvalue weighted by Crippen LogP contribution is 2.27. The van der Waals surface area contributed by atoms with Crippen LogP contribution in [0.25, 0.3) is 0 Å². The summed E-state index contributed by atoms with van der Waals surface area (Å²) in [5, 5.41) is 3.28. The highest BCUT2D eigenvalue weighted by molar-refractivity contribution is 7.89. The molecule has 0 aromatic heterocycles. The molecular formula is C14H20N2O3S. The summed E-state index contributed by atoms with van der Waals surface area (Å²) in [6.45, 7) is 2.71. The zero-order chi connectivity index (χ0) is 14.2. The summed E-state index contributed by atoms with van der Waals surface area (Å²) >= 11 is 0. The second-order valence-electron chi connectivity index (χ2n) is 5.36. The Bertz CT molecular complexity index is 594. The van der Waals surface area contributed by atoms with Crippen molar-refractivity contribution in [2.24, 2.45) is 0 Å². The maximum atomic E-state index is 12.8. The van der Waals surface area contributed by atoms with Crippen LogP contribution in [0, 0.1) is 0 Å². The molecule has 1 atom stereocenters. The minimum Gasteiger partial charge on any atom is -0.380 e. The maximum absolute atomic E-state index is 12.8. The van der Waals surface area contributed by atoms with Crippen LogP contribution >= 0.6 is 0 Å². The molecule has 5 nitrogen and oxygen atoms in total. The molecule has 0 spiro atoms. The van der Waals surface area contributed by atoms with Gasteiger partial charge in [0.1, 0.15) is 0 Å². The first-order chi connectivity index (χ1) is 9.60. The van der Waals surface area contributed by atoms with Gasteiger partial charge in [-0.15, -0.1) is 0 Å². The lowest BCUT2D eigenvalue weighted by molar-refractivity contribution is 0.181. The van der Waals surface area contributed by atoms with E-state index in [-0.39, 0.29) is 6.04 Å². The summed E-state index contributed by atoms with van der Waals surface area (Å²) in [4.78, 5) is 0.464. The maximum Gasteiger partial charge on any atom is 0.243 e. The van der Waals surface area contributed by atoms with Crippen molar-refractivity contribution in [3.63, 3.8) is 0 Å². The minimum absolute atomic E-state index is 0.0439. The molecule has 110 valence electrons. The van der Waals surface area contributed by atoms with Gasteiger partial charge in [-0.25, -0.2) is 8.42 Å². The third-order valence-corrected chi connectivity index (χ3v) is 6.17. The average molecular weight is 296 g/mol. The highest BCUT2D eigenvalue weighted by atomic mass is 32.2. The minimum atomic E-state index is -3.44. The molecule has 6 heteroatoms. The molecule has 1 aromatic carbocycles. The number of fused-ring (bicyclic) bond motifs is 1. The standard InChI is InChI=1S/C14H20N2O3S/c1-16(12-6-8-19-10-12)20(17,18)14-4-2-3-11-9-15-7-5-13(11)14/h2-4,12,15H,5-10H2,1H3. The van der Waals surface area contributed by atoms with Crippen LogP contribution in [0.3, 0.4) is 0 Å². The molecule has 1 aromatic rings. The number of nitrogens with zero attached hydrogens (tertiary/aromatic N) is 1. The van der Waals surface area contributed by atoms with Gasteiger partial charge in [0.15, 0.2) is 0 Å². The predicted molar refractivity (Wildman–Crippen MR) is 76.0 cm³/mol. The Morgan fingerprint density at radius 2 is 2.25 bits per heavy atom. The molecule has 0 saturated carbocycles. The quantitative estimate of drug-likeness (QED) is 0.894. The van der Waals surface area contributed by atoms with E-state index in [0.29, 0.717) is 18.1 Å². The molecule has 20 heavy (non-hydrogen) atoms. The Balaban J connectivity index is 1.98. The van der Waals surface area contributed by atoms with Gasteiger partial charge in [-0.2, -0.15) is 4.31 Å². The summed E-state index contributed by atoms with van der Waals surface area (Å²) in [5.41, 5.74) is 2.06. The fourth-order valence-electron chi connectivity index (χ4n) is 2.90. The van der Waals surface area contributed by atoms with Gasteiger partial charge >= 0.3 is 0 Å². The molecule has 2 aliphatic rings. The molecule has 1 unspecified atom stereocenters. The van der Waals surface area contributed by atoms with Gasteiger partial charge in [-0.1, -0.05) is 12.1 Å². The molecule has 2 aliphatic heterocycles. The molecule has 3 rings (SSSR count). The van der Waals surface area contributed by atoms with E-state index in [2.05, 4.69) is 5.32 Å². The first-order valence-corrected chi connectivity index (χ1v) is 8.42. The molecule has 0 amide bonds. The van der Waals surface area contributed by atoms with Crippen molar-refractivity contribution in [2.75, 3.05) is 26.8 Å². The van der Waals surface area contributed by atoms with Gasteiger partial charge in [0.2, 0.25) is 10.0 Å². The van der Waals surface area contributed by atoms with Crippen molar-refractivity contribution in [1.29, 1.82) is 0 Å². The number of hydrogen-bond acceptors (Lipinski definition) is 4. The number of sulfonamides is 1. The number of hydrogen-bond donors (Lipinski definition) is 1. The Morgan fingerprint density at radius 3 is 3.00 bits per heavy atom. The van der Waals surface area contributed by atoms with Crippen LogP contribution in [0.5, 0.6) is 0 Å². The molecular weight excluding hydrogens is 276 g/mol. The number of ether oxygens (including phenoxy) is 1. The van der Waals surface area contributed by atoms with Gasteiger partial charge in [0, 0.05) is 20.2 Å².